The molecular formula is C16H23ClFN3O. The van der Waals surface area contributed by atoms with Crippen LogP contribution in [0.15, 0.2) is 18.2 Å². The summed E-state index contributed by atoms with van der Waals surface area (Å²) in [5.74, 6) is -0.0454. The minimum atomic E-state index is -0.625. The molecule has 0 aromatic heterocycles. The van der Waals surface area contributed by atoms with Crippen LogP contribution in [0.2, 0.25) is 0 Å². The molecule has 0 amide bonds. The van der Waals surface area contributed by atoms with Gasteiger partial charge in [0.05, 0.1) is 17.7 Å². The number of halogens is 2. The number of fused-ring (bicyclic) bond motifs is 1. The van der Waals surface area contributed by atoms with E-state index >= 15 is 0 Å². The van der Waals surface area contributed by atoms with Gasteiger partial charge in [-0.25, -0.2) is 4.39 Å². The lowest BCUT2D eigenvalue weighted by Gasteiger charge is -2.39. The SMILES string of the molecule is OC(CCl)CNc1ccc(N2CCN3CCCC3C2)c(F)c1. The number of hydrogen-bond acceptors (Lipinski definition) is 4. The zero-order valence-corrected chi connectivity index (χ0v) is 13.4. The van der Waals surface area contributed by atoms with Gasteiger partial charge in [0.25, 0.3) is 0 Å². The van der Waals surface area contributed by atoms with Crippen LogP contribution >= 0.6 is 11.6 Å². The summed E-state index contributed by atoms with van der Waals surface area (Å²) in [7, 11) is 0. The van der Waals surface area contributed by atoms with Gasteiger partial charge in [-0.15, -0.1) is 11.6 Å². The minimum Gasteiger partial charge on any atom is -0.390 e. The maximum atomic E-state index is 14.4. The maximum absolute atomic E-state index is 14.4. The average Bonchev–Trinajstić information content (AvgIpc) is 3.00. The van der Waals surface area contributed by atoms with E-state index in [-0.39, 0.29) is 11.7 Å². The Labute approximate surface area is 135 Å². The first-order chi connectivity index (χ1) is 10.7. The van der Waals surface area contributed by atoms with Gasteiger partial charge in [-0.05, 0) is 37.6 Å². The van der Waals surface area contributed by atoms with Crippen molar-refractivity contribution in [2.45, 2.75) is 25.0 Å². The minimum absolute atomic E-state index is 0.166. The van der Waals surface area contributed by atoms with Crippen LogP contribution in [0.5, 0.6) is 0 Å². The molecule has 0 radical (unpaired) electrons. The van der Waals surface area contributed by atoms with Crippen LogP contribution in [0, 0.1) is 5.82 Å². The molecule has 6 heteroatoms. The lowest BCUT2D eigenvalue weighted by Crippen LogP contribution is -2.50. The van der Waals surface area contributed by atoms with Gasteiger partial charge in [-0.2, -0.15) is 0 Å². The van der Waals surface area contributed by atoms with Crippen molar-refractivity contribution in [2.75, 3.05) is 48.8 Å². The molecule has 0 aliphatic carbocycles. The largest absolute Gasteiger partial charge is 0.390 e. The Bertz CT molecular complexity index is 516. The fraction of sp³-hybridized carbons (Fsp3) is 0.625. The number of nitrogens with zero attached hydrogens (tertiary/aromatic N) is 2. The normalized spacial score (nSPS) is 23.4. The van der Waals surface area contributed by atoms with E-state index in [1.807, 2.05) is 12.1 Å². The number of hydrogen-bond donors (Lipinski definition) is 2. The number of anilines is 2. The third-order valence-corrected chi connectivity index (χ3v) is 4.95. The molecule has 2 aliphatic rings. The highest BCUT2D eigenvalue weighted by Gasteiger charge is 2.31. The van der Waals surface area contributed by atoms with Gasteiger partial charge in [0.2, 0.25) is 0 Å². The van der Waals surface area contributed by atoms with E-state index in [1.165, 1.54) is 25.5 Å². The van der Waals surface area contributed by atoms with Gasteiger partial charge < -0.3 is 15.3 Å². The molecule has 0 spiro atoms. The topological polar surface area (TPSA) is 38.7 Å². The second kappa shape index (κ2) is 7.02. The summed E-state index contributed by atoms with van der Waals surface area (Å²) in [5.41, 5.74) is 1.35. The van der Waals surface area contributed by atoms with Gasteiger partial charge in [-0.1, -0.05) is 0 Å². The molecular weight excluding hydrogens is 305 g/mol. The highest BCUT2D eigenvalue weighted by Crippen LogP contribution is 2.28. The molecule has 2 saturated heterocycles. The monoisotopic (exact) mass is 327 g/mol. The van der Waals surface area contributed by atoms with E-state index < -0.39 is 6.10 Å². The third kappa shape index (κ3) is 3.47. The zero-order chi connectivity index (χ0) is 15.5. The van der Waals surface area contributed by atoms with Crippen molar-refractivity contribution in [2.24, 2.45) is 0 Å². The molecule has 122 valence electrons. The summed E-state index contributed by atoms with van der Waals surface area (Å²) in [6, 6.07) is 5.76. The molecule has 2 N–H and O–H groups in total. The highest BCUT2D eigenvalue weighted by molar-refractivity contribution is 6.18. The van der Waals surface area contributed by atoms with Gasteiger partial charge in [0.15, 0.2) is 0 Å². The van der Waals surface area contributed by atoms with E-state index in [2.05, 4.69) is 15.1 Å². The molecule has 2 aliphatic heterocycles. The first kappa shape index (κ1) is 15.8. The Morgan fingerprint density at radius 1 is 1.36 bits per heavy atom. The molecule has 2 fully saturated rings. The highest BCUT2D eigenvalue weighted by atomic mass is 35.5. The summed E-state index contributed by atoms with van der Waals surface area (Å²) < 4.78 is 14.4. The molecule has 2 atom stereocenters. The number of aliphatic hydroxyl groups is 1. The average molecular weight is 328 g/mol. The quantitative estimate of drug-likeness (QED) is 0.813. The molecule has 0 bridgehead atoms. The van der Waals surface area contributed by atoms with Gasteiger partial charge in [-0.3, -0.25) is 4.90 Å². The Kier molecular flexibility index (Phi) is 5.06. The number of nitrogens with one attached hydrogen (secondary N) is 1. The van der Waals surface area contributed by atoms with Crippen molar-refractivity contribution < 1.29 is 9.50 Å². The van der Waals surface area contributed by atoms with Crippen LogP contribution in [0.3, 0.4) is 0 Å². The van der Waals surface area contributed by atoms with E-state index in [4.69, 9.17) is 11.6 Å². The number of aliphatic hydroxyl groups excluding tert-OH is 1. The third-order valence-electron chi connectivity index (χ3n) is 4.60. The first-order valence-electron chi connectivity index (χ1n) is 7.94. The standard InChI is InChI=1S/C16H23ClFN3O/c17-9-14(22)10-19-12-3-4-16(15(18)8-12)21-7-6-20-5-1-2-13(20)11-21/h3-4,8,13-14,19,22H,1-2,5-7,9-11H2. The fourth-order valence-corrected chi connectivity index (χ4v) is 3.48. The van der Waals surface area contributed by atoms with Gasteiger partial charge >= 0.3 is 0 Å². The van der Waals surface area contributed by atoms with E-state index in [9.17, 15) is 9.50 Å². The predicted octanol–water partition coefficient (Wildman–Crippen LogP) is 2.12. The van der Waals surface area contributed by atoms with E-state index in [0.29, 0.717) is 24.0 Å². The number of piperazine rings is 1. The van der Waals surface area contributed by atoms with Crippen molar-refractivity contribution in [3.63, 3.8) is 0 Å². The van der Waals surface area contributed by atoms with Crippen LogP contribution < -0.4 is 10.2 Å². The Hall–Kier alpha value is -1.04. The van der Waals surface area contributed by atoms with Gasteiger partial charge in [0, 0.05) is 37.9 Å². The molecule has 22 heavy (non-hydrogen) atoms. The Morgan fingerprint density at radius 2 is 2.23 bits per heavy atom. The summed E-state index contributed by atoms with van der Waals surface area (Å²) in [4.78, 5) is 4.66. The van der Waals surface area contributed by atoms with Crippen LogP contribution in [0.1, 0.15) is 12.8 Å². The van der Waals surface area contributed by atoms with Crippen molar-refractivity contribution in [1.82, 2.24) is 4.90 Å². The zero-order valence-electron chi connectivity index (χ0n) is 12.6. The molecule has 0 saturated carbocycles. The van der Waals surface area contributed by atoms with Crippen molar-refractivity contribution in [3.05, 3.63) is 24.0 Å². The summed E-state index contributed by atoms with van der Waals surface area (Å²) in [6.45, 7) is 4.32. The first-order valence-corrected chi connectivity index (χ1v) is 8.47. The van der Waals surface area contributed by atoms with Crippen LogP contribution in [-0.4, -0.2) is 60.8 Å². The lowest BCUT2D eigenvalue weighted by atomic mass is 10.1. The van der Waals surface area contributed by atoms with Crippen molar-refractivity contribution >= 4 is 23.0 Å². The number of alkyl halides is 1. The molecule has 1 aromatic rings. The molecule has 2 unspecified atom stereocenters. The van der Waals surface area contributed by atoms with Crippen LogP contribution in [0.25, 0.3) is 0 Å². The number of rotatable bonds is 5. The second-order valence-corrected chi connectivity index (χ2v) is 6.44. The number of benzene rings is 1. The van der Waals surface area contributed by atoms with E-state index in [1.54, 1.807) is 0 Å². The molecule has 1 aromatic carbocycles. The van der Waals surface area contributed by atoms with Crippen LogP contribution in [0.4, 0.5) is 15.8 Å². The lowest BCUT2D eigenvalue weighted by molar-refractivity contribution is 0.211. The second-order valence-electron chi connectivity index (χ2n) is 6.13. The van der Waals surface area contributed by atoms with Gasteiger partial charge in [0.1, 0.15) is 5.82 Å². The summed E-state index contributed by atoms with van der Waals surface area (Å²) in [5, 5.41) is 12.4. The predicted molar refractivity (Wildman–Crippen MR) is 88.4 cm³/mol. The van der Waals surface area contributed by atoms with Crippen LogP contribution in [-0.2, 0) is 0 Å². The summed E-state index contributed by atoms with van der Waals surface area (Å²) in [6.07, 6.45) is 1.85. The Morgan fingerprint density at radius 3 is 3.00 bits per heavy atom. The Balaban J connectivity index is 1.64. The molecule has 3 rings (SSSR count). The molecule has 4 nitrogen and oxygen atoms in total. The summed E-state index contributed by atoms with van der Waals surface area (Å²) >= 11 is 5.55. The maximum Gasteiger partial charge on any atom is 0.148 e. The van der Waals surface area contributed by atoms with Crippen molar-refractivity contribution in [3.8, 4) is 0 Å². The smallest absolute Gasteiger partial charge is 0.148 e. The fourth-order valence-electron chi connectivity index (χ4n) is 3.37. The molecule has 2 heterocycles. The van der Waals surface area contributed by atoms with E-state index in [0.717, 1.165) is 19.6 Å². The van der Waals surface area contributed by atoms with Crippen molar-refractivity contribution in [1.29, 1.82) is 0 Å².